The molecular formula is C23H19F3O6. The van der Waals surface area contributed by atoms with Crippen molar-refractivity contribution in [2.45, 2.75) is 13.1 Å². The first-order chi connectivity index (χ1) is 15.1. The molecule has 0 aliphatic heterocycles. The van der Waals surface area contributed by atoms with Crippen molar-refractivity contribution in [2.24, 2.45) is 0 Å². The number of fused-ring (bicyclic) bond motifs is 1. The maximum absolute atomic E-state index is 13.4. The quantitative estimate of drug-likeness (QED) is 0.392. The van der Waals surface area contributed by atoms with Crippen LogP contribution in [0.2, 0.25) is 0 Å². The summed E-state index contributed by atoms with van der Waals surface area (Å²) in [5.74, 6) is -0.924. The molecule has 0 saturated carbocycles. The summed E-state index contributed by atoms with van der Waals surface area (Å²) >= 11 is 0. The van der Waals surface area contributed by atoms with Crippen LogP contribution in [0, 0.1) is 0 Å². The van der Waals surface area contributed by atoms with Crippen molar-refractivity contribution in [3.05, 3.63) is 53.6 Å². The van der Waals surface area contributed by atoms with Gasteiger partial charge in [-0.25, -0.2) is 4.79 Å². The second-order valence-corrected chi connectivity index (χ2v) is 6.71. The number of carbonyl (C=O) groups is 2. The second-order valence-electron chi connectivity index (χ2n) is 6.71. The molecule has 3 aromatic rings. The van der Waals surface area contributed by atoms with Crippen molar-refractivity contribution < 1.29 is 41.7 Å². The van der Waals surface area contributed by atoms with E-state index < -0.39 is 23.7 Å². The number of benzene rings is 3. The highest BCUT2D eigenvalue weighted by molar-refractivity contribution is 6.11. The predicted molar refractivity (Wildman–Crippen MR) is 110 cm³/mol. The lowest BCUT2D eigenvalue weighted by Crippen LogP contribution is -2.09. The van der Waals surface area contributed by atoms with E-state index in [2.05, 4.69) is 0 Å². The number of ether oxygens (including phenoxy) is 4. The Morgan fingerprint density at radius 1 is 0.812 bits per heavy atom. The highest BCUT2D eigenvalue weighted by Gasteiger charge is 2.32. The Morgan fingerprint density at radius 2 is 1.50 bits per heavy atom. The van der Waals surface area contributed by atoms with Gasteiger partial charge in [0.15, 0.2) is 11.5 Å². The largest absolute Gasteiger partial charge is 0.493 e. The van der Waals surface area contributed by atoms with Crippen LogP contribution in [0.1, 0.15) is 22.8 Å². The van der Waals surface area contributed by atoms with E-state index in [1.165, 1.54) is 33.5 Å². The number of hydrogen-bond acceptors (Lipinski definition) is 6. The number of methoxy groups -OCH3 is 3. The molecule has 0 aliphatic rings. The van der Waals surface area contributed by atoms with Gasteiger partial charge < -0.3 is 18.9 Å². The van der Waals surface area contributed by atoms with Gasteiger partial charge in [0.05, 0.1) is 32.5 Å². The molecule has 0 spiro atoms. The molecule has 0 atom stereocenters. The Hall–Kier alpha value is -3.75. The third-order valence-electron chi connectivity index (χ3n) is 4.76. The van der Waals surface area contributed by atoms with Crippen molar-refractivity contribution in [1.82, 2.24) is 0 Å². The van der Waals surface area contributed by atoms with Crippen molar-refractivity contribution in [1.29, 1.82) is 0 Å². The first-order valence-corrected chi connectivity index (χ1v) is 9.27. The normalized spacial score (nSPS) is 11.2. The van der Waals surface area contributed by atoms with E-state index in [0.29, 0.717) is 17.1 Å². The van der Waals surface area contributed by atoms with Gasteiger partial charge in [-0.1, -0.05) is 12.1 Å². The summed E-state index contributed by atoms with van der Waals surface area (Å²) in [7, 11) is 4.06. The van der Waals surface area contributed by atoms with E-state index in [9.17, 15) is 22.8 Å². The zero-order valence-corrected chi connectivity index (χ0v) is 17.6. The minimum absolute atomic E-state index is 0.00299. The zero-order valence-electron chi connectivity index (χ0n) is 17.6. The van der Waals surface area contributed by atoms with Crippen molar-refractivity contribution in [3.8, 4) is 28.4 Å². The van der Waals surface area contributed by atoms with Gasteiger partial charge in [0.1, 0.15) is 5.75 Å². The lowest BCUT2D eigenvalue weighted by molar-refractivity contribution is -0.137. The first kappa shape index (κ1) is 22.9. The third kappa shape index (κ3) is 4.32. The Bertz CT molecular complexity index is 1200. The molecule has 0 heterocycles. The minimum atomic E-state index is -4.62. The van der Waals surface area contributed by atoms with Gasteiger partial charge in [-0.3, -0.25) is 4.79 Å². The van der Waals surface area contributed by atoms with Gasteiger partial charge in [0.25, 0.3) is 0 Å². The molecule has 0 unspecified atom stereocenters. The summed E-state index contributed by atoms with van der Waals surface area (Å²) in [5, 5.41) is 0.261. The average Bonchev–Trinajstić information content (AvgIpc) is 2.76. The number of carbonyl (C=O) groups excluding carboxylic acids is 2. The number of halogens is 3. The number of rotatable bonds is 5. The molecule has 0 N–H and O–H groups in total. The van der Waals surface area contributed by atoms with Crippen molar-refractivity contribution in [2.75, 3.05) is 21.3 Å². The van der Waals surface area contributed by atoms with Crippen LogP contribution in [0.15, 0.2) is 42.5 Å². The minimum Gasteiger partial charge on any atom is -0.493 e. The SMILES string of the molecule is COC(=O)c1cc(OC(C)=O)c2cc(C(F)(F)F)ccc2c1-c1ccc(OC)c(OC)c1. The molecule has 0 radical (unpaired) electrons. The van der Waals surface area contributed by atoms with Gasteiger partial charge in [0.2, 0.25) is 0 Å². The Labute approximate surface area is 181 Å². The lowest BCUT2D eigenvalue weighted by Gasteiger charge is -2.18. The number of alkyl halides is 3. The predicted octanol–water partition coefficient (Wildman–Crippen LogP) is 5.25. The van der Waals surface area contributed by atoms with Crippen LogP contribution in [0.25, 0.3) is 21.9 Å². The van der Waals surface area contributed by atoms with E-state index in [1.807, 2.05) is 0 Å². The Balaban J connectivity index is 2.45. The molecule has 0 amide bonds. The van der Waals surface area contributed by atoms with Crippen molar-refractivity contribution in [3.63, 3.8) is 0 Å². The molecular weight excluding hydrogens is 429 g/mol. The molecule has 0 fully saturated rings. The molecule has 9 heteroatoms. The molecule has 0 bridgehead atoms. The summed E-state index contributed by atoms with van der Waals surface area (Å²) in [6, 6.07) is 9.01. The molecule has 3 rings (SSSR count). The fraction of sp³-hybridized carbons (Fsp3) is 0.217. The van der Waals surface area contributed by atoms with Crippen LogP contribution < -0.4 is 14.2 Å². The van der Waals surface area contributed by atoms with Gasteiger partial charge in [-0.05, 0) is 41.3 Å². The highest BCUT2D eigenvalue weighted by Crippen LogP contribution is 2.43. The van der Waals surface area contributed by atoms with E-state index in [1.54, 1.807) is 18.2 Å². The summed E-state index contributed by atoms with van der Waals surface area (Å²) in [6.45, 7) is 1.11. The summed E-state index contributed by atoms with van der Waals surface area (Å²) in [5.41, 5.74) is -0.176. The van der Waals surface area contributed by atoms with Crippen LogP contribution in [0.3, 0.4) is 0 Å². The van der Waals surface area contributed by atoms with E-state index in [4.69, 9.17) is 18.9 Å². The smallest absolute Gasteiger partial charge is 0.416 e. The van der Waals surface area contributed by atoms with E-state index >= 15 is 0 Å². The second kappa shape index (κ2) is 8.78. The third-order valence-corrected chi connectivity index (χ3v) is 4.76. The monoisotopic (exact) mass is 448 g/mol. The summed E-state index contributed by atoms with van der Waals surface area (Å²) in [4.78, 5) is 24.2. The Morgan fingerprint density at radius 3 is 2.06 bits per heavy atom. The maximum Gasteiger partial charge on any atom is 0.416 e. The standard InChI is InChI=1S/C23H19F3O6/c1-12(27)32-19-11-17(22(28)31-4)21(13-5-8-18(29-2)20(9-13)30-3)15-7-6-14(10-16(15)19)23(24,25)26/h5-11H,1-4H3. The molecule has 6 nitrogen and oxygen atoms in total. The van der Waals surface area contributed by atoms with Gasteiger partial charge in [-0.15, -0.1) is 0 Å². The van der Waals surface area contributed by atoms with Gasteiger partial charge in [0, 0.05) is 17.9 Å². The first-order valence-electron chi connectivity index (χ1n) is 9.27. The lowest BCUT2D eigenvalue weighted by atomic mass is 9.91. The number of esters is 2. The van der Waals surface area contributed by atoms with Crippen LogP contribution in [-0.2, 0) is 15.7 Å². The molecule has 168 valence electrons. The topological polar surface area (TPSA) is 71.1 Å². The van der Waals surface area contributed by atoms with Crippen LogP contribution in [-0.4, -0.2) is 33.3 Å². The van der Waals surface area contributed by atoms with Crippen LogP contribution in [0.5, 0.6) is 17.2 Å². The fourth-order valence-corrected chi connectivity index (χ4v) is 3.38. The zero-order chi connectivity index (χ0) is 23.6. The summed E-state index contributed by atoms with van der Waals surface area (Å²) in [6.07, 6.45) is -4.62. The number of hydrogen-bond donors (Lipinski definition) is 0. The maximum atomic E-state index is 13.4. The Kier molecular flexibility index (Phi) is 6.29. The molecule has 3 aromatic carbocycles. The average molecular weight is 448 g/mol. The van der Waals surface area contributed by atoms with Crippen LogP contribution in [0.4, 0.5) is 13.2 Å². The van der Waals surface area contributed by atoms with Crippen LogP contribution >= 0.6 is 0 Å². The highest BCUT2D eigenvalue weighted by atomic mass is 19.4. The van der Waals surface area contributed by atoms with Crippen molar-refractivity contribution >= 4 is 22.7 Å². The molecule has 0 aliphatic carbocycles. The van der Waals surface area contributed by atoms with E-state index in [-0.39, 0.29) is 27.6 Å². The molecule has 32 heavy (non-hydrogen) atoms. The van der Waals surface area contributed by atoms with Gasteiger partial charge in [-0.2, -0.15) is 13.2 Å². The molecule has 0 aromatic heterocycles. The van der Waals surface area contributed by atoms with E-state index in [0.717, 1.165) is 19.1 Å². The van der Waals surface area contributed by atoms with Gasteiger partial charge >= 0.3 is 18.1 Å². The fourth-order valence-electron chi connectivity index (χ4n) is 3.38. The molecule has 0 saturated heterocycles. The summed E-state index contributed by atoms with van der Waals surface area (Å²) < 4.78 is 60.7.